The molecule has 0 atom stereocenters. The largest absolute Gasteiger partial charge is 0.272 e. The number of hydrogen-bond acceptors (Lipinski definition) is 7. The molecule has 0 aliphatic heterocycles. The summed E-state index contributed by atoms with van der Waals surface area (Å²) in [5, 5.41) is 24.2. The lowest BCUT2D eigenvalue weighted by molar-refractivity contribution is -0.384. The van der Waals surface area contributed by atoms with Crippen molar-refractivity contribution in [2.24, 2.45) is 5.10 Å². The zero-order valence-corrected chi connectivity index (χ0v) is 19.9. The summed E-state index contributed by atoms with van der Waals surface area (Å²) in [4.78, 5) is 23.1. The molecule has 0 aliphatic carbocycles. The number of nitro benzene ring substituents is 1. The Morgan fingerprint density at radius 3 is 2.59 bits per heavy atom. The highest BCUT2D eigenvalue weighted by molar-refractivity contribution is 9.10. The number of nitrogens with zero attached hydrogens (tertiary/aromatic N) is 5. The number of nitrogens with one attached hydrogen (secondary N) is 1. The summed E-state index contributed by atoms with van der Waals surface area (Å²) in [6.07, 6.45) is 1.56. The number of thioether (sulfide) groups is 1. The molecule has 11 heteroatoms. The molecule has 0 unspecified atom stereocenters. The van der Waals surface area contributed by atoms with Crippen LogP contribution < -0.4 is 5.43 Å². The van der Waals surface area contributed by atoms with Gasteiger partial charge in [0.1, 0.15) is 0 Å². The second-order valence-corrected chi connectivity index (χ2v) is 8.78. The minimum Gasteiger partial charge on any atom is -0.272 e. The van der Waals surface area contributed by atoms with E-state index in [1.54, 1.807) is 22.9 Å². The van der Waals surface area contributed by atoms with Gasteiger partial charge in [-0.2, -0.15) is 5.10 Å². The van der Waals surface area contributed by atoms with E-state index in [0.717, 1.165) is 15.7 Å². The SMILES string of the molecule is O=C(CSc1nnc(-c2cccc([N+](=O)[O-])c2)n1-c1ccccc1)N/N=C\c1ccc(Br)cc1. The van der Waals surface area contributed by atoms with Crippen LogP contribution in [0.1, 0.15) is 5.56 Å². The minimum atomic E-state index is -0.457. The van der Waals surface area contributed by atoms with E-state index in [0.29, 0.717) is 16.5 Å². The number of rotatable bonds is 8. The number of nitro groups is 1. The number of amides is 1. The highest BCUT2D eigenvalue weighted by atomic mass is 79.9. The van der Waals surface area contributed by atoms with Gasteiger partial charge < -0.3 is 0 Å². The normalized spacial score (nSPS) is 11.0. The maximum atomic E-state index is 12.3. The van der Waals surface area contributed by atoms with Crippen LogP contribution in [0.2, 0.25) is 0 Å². The average molecular weight is 537 g/mol. The number of hydrazone groups is 1. The van der Waals surface area contributed by atoms with E-state index in [1.807, 2.05) is 54.6 Å². The van der Waals surface area contributed by atoms with Crippen molar-refractivity contribution in [2.75, 3.05) is 5.75 Å². The van der Waals surface area contributed by atoms with Gasteiger partial charge in [0, 0.05) is 27.9 Å². The molecule has 0 saturated heterocycles. The van der Waals surface area contributed by atoms with E-state index in [2.05, 4.69) is 36.7 Å². The fraction of sp³-hybridized carbons (Fsp3) is 0.0435. The lowest BCUT2D eigenvalue weighted by Crippen LogP contribution is -2.20. The molecule has 1 N–H and O–H groups in total. The van der Waals surface area contributed by atoms with Crippen molar-refractivity contribution in [1.82, 2.24) is 20.2 Å². The van der Waals surface area contributed by atoms with Gasteiger partial charge in [0.05, 0.1) is 16.9 Å². The Morgan fingerprint density at radius 1 is 1.09 bits per heavy atom. The van der Waals surface area contributed by atoms with Gasteiger partial charge in [-0.05, 0) is 29.8 Å². The quantitative estimate of drug-likeness (QED) is 0.149. The molecule has 1 aromatic heterocycles. The third-order valence-corrected chi connectivity index (χ3v) is 6.03. The molecule has 4 rings (SSSR count). The summed E-state index contributed by atoms with van der Waals surface area (Å²) >= 11 is 4.56. The Labute approximate surface area is 207 Å². The first-order valence-electron chi connectivity index (χ1n) is 9.97. The van der Waals surface area contributed by atoms with E-state index < -0.39 is 4.92 Å². The van der Waals surface area contributed by atoms with Gasteiger partial charge in [-0.25, -0.2) is 5.43 Å². The van der Waals surface area contributed by atoms with Crippen LogP contribution in [0.3, 0.4) is 0 Å². The minimum absolute atomic E-state index is 0.0441. The third-order valence-electron chi connectivity index (χ3n) is 4.57. The molecule has 170 valence electrons. The van der Waals surface area contributed by atoms with Crippen LogP contribution in [0.5, 0.6) is 0 Å². The van der Waals surface area contributed by atoms with Crippen LogP contribution in [0.15, 0.2) is 93.6 Å². The first-order chi connectivity index (χ1) is 16.5. The van der Waals surface area contributed by atoms with Crippen LogP contribution in [-0.4, -0.2) is 37.6 Å². The topological polar surface area (TPSA) is 115 Å². The Balaban J connectivity index is 1.53. The molecule has 0 spiro atoms. The number of para-hydroxylation sites is 1. The Morgan fingerprint density at radius 2 is 1.85 bits per heavy atom. The summed E-state index contributed by atoms with van der Waals surface area (Å²) in [6.45, 7) is 0. The molecule has 0 radical (unpaired) electrons. The maximum absolute atomic E-state index is 12.3. The van der Waals surface area contributed by atoms with Gasteiger partial charge >= 0.3 is 0 Å². The Hall–Kier alpha value is -3.83. The van der Waals surface area contributed by atoms with E-state index in [-0.39, 0.29) is 17.3 Å². The van der Waals surface area contributed by atoms with Gasteiger partial charge in [0.15, 0.2) is 11.0 Å². The van der Waals surface area contributed by atoms with E-state index in [9.17, 15) is 14.9 Å². The monoisotopic (exact) mass is 536 g/mol. The van der Waals surface area contributed by atoms with Gasteiger partial charge in [0.25, 0.3) is 11.6 Å². The van der Waals surface area contributed by atoms with Gasteiger partial charge in [0.2, 0.25) is 0 Å². The van der Waals surface area contributed by atoms with Gasteiger partial charge in [-0.3, -0.25) is 19.5 Å². The fourth-order valence-electron chi connectivity index (χ4n) is 3.01. The van der Waals surface area contributed by atoms with Crippen molar-refractivity contribution < 1.29 is 9.72 Å². The smallest absolute Gasteiger partial charge is 0.270 e. The number of hydrogen-bond donors (Lipinski definition) is 1. The summed E-state index contributed by atoms with van der Waals surface area (Å²) in [5.74, 6) is 0.182. The zero-order valence-electron chi connectivity index (χ0n) is 17.5. The molecule has 3 aromatic carbocycles. The molecule has 1 heterocycles. The molecule has 34 heavy (non-hydrogen) atoms. The second-order valence-electron chi connectivity index (χ2n) is 6.92. The first kappa shape index (κ1) is 23.3. The van der Waals surface area contributed by atoms with E-state index >= 15 is 0 Å². The molecule has 0 bridgehead atoms. The predicted molar refractivity (Wildman–Crippen MR) is 134 cm³/mol. The van der Waals surface area contributed by atoms with Crippen molar-refractivity contribution in [1.29, 1.82) is 0 Å². The van der Waals surface area contributed by atoms with Crippen LogP contribution in [0, 0.1) is 10.1 Å². The van der Waals surface area contributed by atoms with E-state index in [1.165, 1.54) is 23.9 Å². The lowest BCUT2D eigenvalue weighted by atomic mass is 10.2. The van der Waals surface area contributed by atoms with Crippen LogP contribution in [0.25, 0.3) is 17.1 Å². The molecular formula is C23H17BrN6O3S. The molecule has 0 fully saturated rings. The lowest BCUT2D eigenvalue weighted by Gasteiger charge is -2.10. The van der Waals surface area contributed by atoms with E-state index in [4.69, 9.17) is 0 Å². The Bertz CT molecular complexity index is 1340. The molecule has 0 saturated carbocycles. The number of carbonyl (C=O) groups is 1. The molecule has 9 nitrogen and oxygen atoms in total. The fourth-order valence-corrected chi connectivity index (χ4v) is 4.02. The number of carbonyl (C=O) groups excluding carboxylic acids is 1. The predicted octanol–water partition coefficient (Wildman–Crippen LogP) is 4.85. The van der Waals surface area contributed by atoms with Crippen molar-refractivity contribution in [2.45, 2.75) is 5.16 Å². The van der Waals surface area contributed by atoms with Crippen LogP contribution in [-0.2, 0) is 4.79 Å². The maximum Gasteiger partial charge on any atom is 0.270 e. The third kappa shape index (κ3) is 5.74. The van der Waals surface area contributed by atoms with Crippen LogP contribution in [0.4, 0.5) is 5.69 Å². The second kappa shape index (κ2) is 10.9. The number of aromatic nitrogens is 3. The van der Waals surface area contributed by atoms with Crippen LogP contribution >= 0.6 is 27.7 Å². The van der Waals surface area contributed by atoms with Crippen molar-refractivity contribution in [3.8, 4) is 17.1 Å². The van der Waals surface area contributed by atoms with Crippen molar-refractivity contribution >= 4 is 45.5 Å². The average Bonchev–Trinajstić information content (AvgIpc) is 3.28. The Kier molecular flexibility index (Phi) is 7.45. The van der Waals surface area contributed by atoms with Gasteiger partial charge in [-0.15, -0.1) is 10.2 Å². The number of non-ortho nitro benzene ring substituents is 1. The highest BCUT2D eigenvalue weighted by Crippen LogP contribution is 2.29. The number of benzene rings is 3. The first-order valence-corrected chi connectivity index (χ1v) is 11.7. The molecular weight excluding hydrogens is 520 g/mol. The van der Waals surface area contributed by atoms with Crippen molar-refractivity contribution in [3.05, 3.63) is 99.0 Å². The summed E-state index contributed by atoms with van der Waals surface area (Å²) in [5.41, 5.74) is 4.61. The van der Waals surface area contributed by atoms with Gasteiger partial charge in [-0.1, -0.05) is 70.2 Å². The summed E-state index contributed by atoms with van der Waals surface area (Å²) < 4.78 is 2.72. The highest BCUT2D eigenvalue weighted by Gasteiger charge is 2.19. The molecule has 0 aliphatic rings. The summed E-state index contributed by atoms with van der Waals surface area (Å²) in [7, 11) is 0. The zero-order chi connectivity index (χ0) is 23.9. The molecule has 1 amide bonds. The number of halogens is 1. The molecule has 4 aromatic rings. The summed E-state index contributed by atoms with van der Waals surface area (Å²) in [6, 6.07) is 23.0. The van der Waals surface area contributed by atoms with Crippen molar-refractivity contribution in [3.63, 3.8) is 0 Å². The standard InChI is InChI=1S/C23H17BrN6O3S/c24-18-11-9-16(10-12-18)14-25-26-21(31)15-34-23-28-27-22(29(23)19-6-2-1-3-7-19)17-5-4-8-20(13-17)30(32)33/h1-14H,15H2,(H,26,31)/b25-14-.